The molecule has 0 aliphatic carbocycles. The number of thiophene rings is 2. The van der Waals surface area contributed by atoms with Crippen molar-refractivity contribution in [2.45, 2.75) is 53.9 Å². The molecule has 65 heavy (non-hydrogen) atoms. The van der Waals surface area contributed by atoms with E-state index in [0.29, 0.717) is 34.0 Å². The van der Waals surface area contributed by atoms with Crippen LogP contribution in [0.5, 0.6) is 0 Å². The van der Waals surface area contributed by atoms with Gasteiger partial charge in [0.1, 0.15) is 11.4 Å². The number of hydrogen-bond acceptors (Lipinski definition) is 16. The quantitative estimate of drug-likeness (QED) is 0.0340. The predicted molar refractivity (Wildman–Crippen MR) is 250 cm³/mol. The predicted octanol–water partition coefficient (Wildman–Crippen LogP) is 7.79. The molecule has 16 heteroatoms. The highest BCUT2D eigenvalue weighted by molar-refractivity contribution is 7.13. The molecule has 0 fully saturated rings. The molecule has 0 atom stereocenters. The number of nitrogens with zero attached hydrogens (tertiary/aromatic N) is 5. The van der Waals surface area contributed by atoms with Gasteiger partial charge in [-0.2, -0.15) is 0 Å². The van der Waals surface area contributed by atoms with Crippen LogP contribution in [0.15, 0.2) is 95.7 Å². The number of hydrogen-bond donors (Lipinski definition) is 1. The number of carbonyl (C=O) groups excluding carboxylic acids is 4. The number of nitrogens with two attached hydrogens (primary N) is 1. The molecule has 0 saturated heterocycles. The van der Waals surface area contributed by atoms with Crippen molar-refractivity contribution in [2.75, 3.05) is 45.3 Å². The summed E-state index contributed by atoms with van der Waals surface area (Å²) in [6, 6.07) is 25.9. The van der Waals surface area contributed by atoms with Gasteiger partial charge in [-0.05, 0) is 122 Å². The largest absolute Gasteiger partial charge is 0.465 e. The van der Waals surface area contributed by atoms with Crippen molar-refractivity contribution >= 4 is 52.2 Å². The Balaban J connectivity index is 1.40. The highest BCUT2D eigenvalue weighted by Gasteiger charge is 2.22. The summed E-state index contributed by atoms with van der Waals surface area (Å²) in [5.41, 5.74) is 12.0. The van der Waals surface area contributed by atoms with Crippen LogP contribution in [0.4, 0.5) is 5.69 Å². The molecule has 6 rings (SSSR count). The second kappa shape index (κ2) is 23.8. The fourth-order valence-corrected chi connectivity index (χ4v) is 8.18. The Kier molecular flexibility index (Phi) is 17.5. The maximum absolute atomic E-state index is 13.1. The molecule has 336 valence electrons. The van der Waals surface area contributed by atoms with Crippen molar-refractivity contribution in [3.8, 4) is 32.7 Å². The van der Waals surface area contributed by atoms with Gasteiger partial charge in [-0.3, -0.25) is 24.4 Å². The third kappa shape index (κ3) is 14.4. The second-order valence-electron chi connectivity index (χ2n) is 14.5. The molecular weight excluding hydrogens is 865 g/mol. The van der Waals surface area contributed by atoms with Gasteiger partial charge in [0.05, 0.1) is 62.3 Å². The summed E-state index contributed by atoms with van der Waals surface area (Å²) >= 11 is 3.05. The van der Waals surface area contributed by atoms with E-state index in [9.17, 15) is 19.2 Å². The van der Waals surface area contributed by atoms with E-state index in [0.717, 1.165) is 26.4 Å². The molecular formula is C49H50N6O8S2. The first-order valence-electron chi connectivity index (χ1n) is 21.1. The van der Waals surface area contributed by atoms with Crippen LogP contribution in [0.1, 0.15) is 82.6 Å². The Morgan fingerprint density at radius 2 is 0.954 bits per heavy atom. The summed E-state index contributed by atoms with van der Waals surface area (Å²) in [7, 11) is 0. The van der Waals surface area contributed by atoms with Gasteiger partial charge in [0, 0.05) is 52.7 Å². The highest BCUT2D eigenvalue weighted by atomic mass is 32.1. The van der Waals surface area contributed by atoms with Gasteiger partial charge in [-0.15, -0.1) is 22.7 Å². The molecule has 2 N–H and O–H groups in total. The van der Waals surface area contributed by atoms with Gasteiger partial charge in [0.25, 0.3) is 0 Å². The van der Waals surface area contributed by atoms with Crippen molar-refractivity contribution in [2.24, 2.45) is 0 Å². The first kappa shape index (κ1) is 47.7. The Bertz CT molecular complexity index is 2480. The first-order valence-corrected chi connectivity index (χ1v) is 22.9. The number of anilines is 1. The molecule has 0 bridgehead atoms. The van der Waals surface area contributed by atoms with E-state index in [2.05, 4.69) is 21.8 Å². The van der Waals surface area contributed by atoms with E-state index < -0.39 is 23.9 Å². The first-order chi connectivity index (χ1) is 31.5. The Morgan fingerprint density at radius 3 is 1.35 bits per heavy atom. The van der Waals surface area contributed by atoms with E-state index in [4.69, 9.17) is 29.7 Å². The topological polar surface area (TPSA) is 176 Å². The summed E-state index contributed by atoms with van der Waals surface area (Å²) in [6.07, 6.45) is 0. The van der Waals surface area contributed by atoms with Crippen molar-refractivity contribution in [3.63, 3.8) is 0 Å². The van der Waals surface area contributed by atoms with Crippen molar-refractivity contribution in [3.05, 3.63) is 141 Å². The zero-order chi connectivity index (χ0) is 46.1. The summed E-state index contributed by atoms with van der Waals surface area (Å²) in [4.78, 5) is 72.3. The summed E-state index contributed by atoms with van der Waals surface area (Å²) in [5.74, 6) is 4.46. The lowest BCUT2D eigenvalue weighted by Gasteiger charge is -2.23. The van der Waals surface area contributed by atoms with E-state index in [-0.39, 0.29) is 77.1 Å². The molecule has 1 aromatic carbocycles. The number of benzene rings is 1. The van der Waals surface area contributed by atoms with Crippen molar-refractivity contribution in [1.29, 1.82) is 0 Å². The Morgan fingerprint density at radius 1 is 0.538 bits per heavy atom. The fraction of sp³-hybridized carbons (Fsp3) is 0.286. The molecule has 0 radical (unpaired) electrons. The van der Waals surface area contributed by atoms with Gasteiger partial charge in [0.15, 0.2) is 0 Å². The van der Waals surface area contributed by atoms with Crippen molar-refractivity contribution < 1.29 is 38.1 Å². The number of ether oxygens (including phenoxy) is 4. The minimum Gasteiger partial charge on any atom is -0.465 e. The maximum Gasteiger partial charge on any atom is 0.356 e. The van der Waals surface area contributed by atoms with E-state index >= 15 is 0 Å². The SMILES string of the molecule is CCOC(=O)CN(Cc1cc(C#Cc2ccc(N)cc2)cc(CN(CC(=O)OCC)Cc2cc(-c3cccs3)cc(C(=O)OCC)n2)n1)Cc1cc(-c2cccs2)cc(C(=O)OCC)n1. The molecule has 0 unspecified atom stereocenters. The molecule has 6 aromatic rings. The molecule has 0 aliphatic heterocycles. The lowest BCUT2D eigenvalue weighted by atomic mass is 10.1. The number of aromatic nitrogens is 3. The van der Waals surface area contributed by atoms with Gasteiger partial charge in [-0.1, -0.05) is 24.0 Å². The zero-order valence-corrected chi connectivity index (χ0v) is 38.3. The van der Waals surface area contributed by atoms with Crippen LogP contribution in [0.25, 0.3) is 20.9 Å². The van der Waals surface area contributed by atoms with Gasteiger partial charge < -0.3 is 24.7 Å². The molecule has 5 heterocycles. The van der Waals surface area contributed by atoms with E-state index in [1.165, 1.54) is 22.7 Å². The summed E-state index contributed by atoms with van der Waals surface area (Å²) in [6.45, 7) is 8.05. The van der Waals surface area contributed by atoms with Gasteiger partial charge in [-0.25, -0.2) is 19.6 Å². The Labute approximate surface area is 386 Å². The van der Waals surface area contributed by atoms with Crippen LogP contribution < -0.4 is 5.73 Å². The minimum absolute atomic E-state index is 0.115. The molecule has 0 spiro atoms. The highest BCUT2D eigenvalue weighted by Crippen LogP contribution is 2.28. The lowest BCUT2D eigenvalue weighted by molar-refractivity contribution is -0.145. The standard InChI is InChI=1S/C49H50N6O8S2/c1-5-60-46(56)31-54(29-40-23-35(44-11-9-19-64-44)25-42(52-40)48(58)62-7-3)27-38-21-34(14-13-33-15-17-37(50)18-16-33)22-39(51-38)28-55(32-47(57)61-6-2)30-41-24-36(45-12-10-20-65-45)26-43(53-41)49(59)63-8-4/h9-12,15-26H,5-8,27-32,50H2,1-4H3. The molecule has 14 nitrogen and oxygen atoms in total. The molecule has 0 aliphatic rings. The summed E-state index contributed by atoms with van der Waals surface area (Å²) < 4.78 is 21.4. The average Bonchev–Trinajstić information content (AvgIpc) is 4.03. The Hall–Kier alpha value is -6.77. The fourth-order valence-electron chi connectivity index (χ4n) is 6.75. The monoisotopic (exact) mass is 914 g/mol. The van der Waals surface area contributed by atoms with Crippen LogP contribution in [0.3, 0.4) is 0 Å². The lowest BCUT2D eigenvalue weighted by Crippen LogP contribution is -2.32. The summed E-state index contributed by atoms with van der Waals surface area (Å²) in [5, 5.41) is 3.90. The number of esters is 4. The van der Waals surface area contributed by atoms with E-state index in [1.54, 1.807) is 52.0 Å². The van der Waals surface area contributed by atoms with Crippen molar-refractivity contribution in [1.82, 2.24) is 24.8 Å². The van der Waals surface area contributed by atoms with Crippen LogP contribution in [-0.2, 0) is 54.7 Å². The van der Waals surface area contributed by atoms with Gasteiger partial charge >= 0.3 is 23.9 Å². The number of rotatable bonds is 20. The smallest absolute Gasteiger partial charge is 0.356 e. The zero-order valence-electron chi connectivity index (χ0n) is 36.7. The second-order valence-corrected chi connectivity index (χ2v) is 16.4. The third-order valence-corrected chi connectivity index (χ3v) is 11.2. The average molecular weight is 915 g/mol. The number of pyridine rings is 3. The van der Waals surface area contributed by atoms with Crippen LogP contribution in [0.2, 0.25) is 0 Å². The molecule has 0 saturated carbocycles. The van der Waals surface area contributed by atoms with E-state index in [1.807, 2.05) is 81.2 Å². The van der Waals surface area contributed by atoms with Crippen LogP contribution in [-0.4, -0.2) is 88.1 Å². The third-order valence-electron chi connectivity index (χ3n) is 9.39. The normalized spacial score (nSPS) is 10.9. The number of nitrogen functional groups attached to an aromatic ring is 1. The molecule has 5 aromatic heterocycles. The minimum atomic E-state index is -0.555. The number of carbonyl (C=O) groups is 4. The van der Waals surface area contributed by atoms with Crippen LogP contribution in [0, 0.1) is 11.8 Å². The maximum atomic E-state index is 13.1. The van der Waals surface area contributed by atoms with Crippen LogP contribution >= 0.6 is 22.7 Å². The molecule has 0 amide bonds. The van der Waals surface area contributed by atoms with Gasteiger partial charge in [0.2, 0.25) is 0 Å².